The Balaban J connectivity index is 2.33. The topological polar surface area (TPSA) is 26.3 Å². The van der Waals surface area contributed by atoms with Crippen LogP contribution in [0.15, 0.2) is 30.3 Å². The van der Waals surface area contributed by atoms with Crippen LogP contribution in [0.1, 0.15) is 38.2 Å². The van der Waals surface area contributed by atoms with Crippen LogP contribution in [0, 0.1) is 0 Å². The van der Waals surface area contributed by atoms with Gasteiger partial charge in [-0.15, -0.1) is 0 Å². The monoisotopic (exact) mass is 232 g/mol. The van der Waals surface area contributed by atoms with Gasteiger partial charge in [0.2, 0.25) is 0 Å². The summed E-state index contributed by atoms with van der Waals surface area (Å²) in [5.74, 6) is 0.384. The Morgan fingerprint density at radius 2 is 1.88 bits per heavy atom. The number of benzene rings is 1. The molecule has 0 radical (unpaired) electrons. The number of carbonyl (C=O) groups excluding carboxylic acids is 1. The Morgan fingerprint density at radius 3 is 2.47 bits per heavy atom. The van der Waals surface area contributed by atoms with E-state index >= 15 is 0 Å². The van der Waals surface area contributed by atoms with E-state index in [2.05, 4.69) is 19.1 Å². The van der Waals surface area contributed by atoms with Crippen LogP contribution in [0.3, 0.4) is 0 Å². The fraction of sp³-hybridized carbons (Fsp3) is 0.533. The molecule has 1 heterocycles. The van der Waals surface area contributed by atoms with Crippen LogP contribution in [-0.4, -0.2) is 19.0 Å². The number of rotatable bonds is 4. The second kappa shape index (κ2) is 5.46. The van der Waals surface area contributed by atoms with Gasteiger partial charge in [-0.25, -0.2) is 0 Å². The molecule has 1 aromatic rings. The van der Waals surface area contributed by atoms with Crippen molar-refractivity contribution in [3.05, 3.63) is 35.9 Å². The Bertz CT molecular complexity index is 364. The number of carbonyl (C=O) groups is 1. The number of ether oxygens (including phenoxy) is 1. The molecule has 17 heavy (non-hydrogen) atoms. The second-order valence-electron chi connectivity index (χ2n) is 4.73. The van der Waals surface area contributed by atoms with Crippen molar-refractivity contribution >= 4 is 5.78 Å². The van der Waals surface area contributed by atoms with Crippen molar-refractivity contribution in [2.45, 2.75) is 38.0 Å². The summed E-state index contributed by atoms with van der Waals surface area (Å²) in [4.78, 5) is 12.5. The molecule has 1 saturated heterocycles. The summed E-state index contributed by atoms with van der Waals surface area (Å²) in [7, 11) is 0. The SMILES string of the molecule is CCCC(=O)C1(c2ccccc2)CCOCC1. The molecule has 2 heteroatoms. The third kappa shape index (κ3) is 2.42. The smallest absolute Gasteiger partial charge is 0.143 e. The van der Waals surface area contributed by atoms with E-state index in [9.17, 15) is 4.79 Å². The van der Waals surface area contributed by atoms with Gasteiger partial charge in [0, 0.05) is 19.6 Å². The van der Waals surface area contributed by atoms with Crippen LogP contribution in [0.2, 0.25) is 0 Å². The molecular weight excluding hydrogens is 212 g/mol. The highest BCUT2D eigenvalue weighted by Crippen LogP contribution is 2.36. The molecule has 92 valence electrons. The molecule has 0 amide bonds. The molecule has 0 N–H and O–H groups in total. The zero-order chi connectivity index (χ0) is 12.1. The van der Waals surface area contributed by atoms with Crippen LogP contribution in [0.5, 0.6) is 0 Å². The lowest BCUT2D eigenvalue weighted by atomic mass is 9.70. The van der Waals surface area contributed by atoms with Crippen molar-refractivity contribution in [3.63, 3.8) is 0 Å². The van der Waals surface area contributed by atoms with Gasteiger partial charge in [0.15, 0.2) is 0 Å². The molecule has 1 aromatic carbocycles. The Morgan fingerprint density at radius 1 is 1.24 bits per heavy atom. The molecule has 0 spiro atoms. The van der Waals surface area contributed by atoms with Gasteiger partial charge < -0.3 is 4.74 Å². The van der Waals surface area contributed by atoms with Gasteiger partial charge in [-0.05, 0) is 24.8 Å². The number of Topliss-reactive ketones (excluding diaryl/α,β-unsaturated/α-hetero) is 1. The highest BCUT2D eigenvalue weighted by atomic mass is 16.5. The molecular formula is C15H20O2. The molecule has 0 aromatic heterocycles. The summed E-state index contributed by atoms with van der Waals surface area (Å²) in [6.45, 7) is 3.46. The van der Waals surface area contributed by atoms with Crippen LogP contribution in [0.25, 0.3) is 0 Å². The van der Waals surface area contributed by atoms with Gasteiger partial charge in [-0.2, -0.15) is 0 Å². The van der Waals surface area contributed by atoms with Gasteiger partial charge in [0.25, 0.3) is 0 Å². The first kappa shape index (κ1) is 12.3. The summed E-state index contributed by atoms with van der Waals surface area (Å²) in [6.07, 6.45) is 3.26. The number of hydrogen-bond acceptors (Lipinski definition) is 2. The van der Waals surface area contributed by atoms with Crippen LogP contribution in [0.4, 0.5) is 0 Å². The minimum Gasteiger partial charge on any atom is -0.381 e. The number of ketones is 1. The zero-order valence-corrected chi connectivity index (χ0v) is 10.4. The average Bonchev–Trinajstić information content (AvgIpc) is 2.41. The molecule has 0 atom stereocenters. The molecule has 1 fully saturated rings. The fourth-order valence-electron chi connectivity index (χ4n) is 2.67. The molecule has 0 unspecified atom stereocenters. The maximum absolute atomic E-state index is 12.5. The van der Waals surface area contributed by atoms with Gasteiger partial charge in [0.1, 0.15) is 5.78 Å². The third-order valence-electron chi connectivity index (χ3n) is 3.68. The van der Waals surface area contributed by atoms with Gasteiger partial charge in [-0.3, -0.25) is 4.79 Å². The first-order chi connectivity index (χ1) is 8.29. The second-order valence-corrected chi connectivity index (χ2v) is 4.73. The van der Waals surface area contributed by atoms with Crippen molar-refractivity contribution in [1.82, 2.24) is 0 Å². The largest absolute Gasteiger partial charge is 0.381 e. The normalized spacial score (nSPS) is 18.9. The summed E-state index contributed by atoms with van der Waals surface area (Å²) >= 11 is 0. The van der Waals surface area contributed by atoms with E-state index in [1.54, 1.807) is 0 Å². The Labute approximate surface area is 103 Å². The van der Waals surface area contributed by atoms with E-state index in [4.69, 9.17) is 4.74 Å². The highest BCUT2D eigenvalue weighted by Gasteiger charge is 2.40. The highest BCUT2D eigenvalue weighted by molar-refractivity contribution is 5.90. The van der Waals surface area contributed by atoms with Crippen molar-refractivity contribution in [2.75, 3.05) is 13.2 Å². The Kier molecular flexibility index (Phi) is 3.95. The van der Waals surface area contributed by atoms with E-state index in [0.717, 1.165) is 19.3 Å². The van der Waals surface area contributed by atoms with E-state index in [0.29, 0.717) is 25.4 Å². The molecule has 1 aliphatic heterocycles. The lowest BCUT2D eigenvalue weighted by Crippen LogP contribution is -2.41. The summed E-state index contributed by atoms with van der Waals surface area (Å²) < 4.78 is 5.42. The summed E-state index contributed by atoms with van der Waals surface area (Å²) in [5, 5.41) is 0. The van der Waals surface area contributed by atoms with Crippen molar-refractivity contribution in [2.24, 2.45) is 0 Å². The molecule has 0 saturated carbocycles. The fourth-order valence-corrected chi connectivity index (χ4v) is 2.67. The first-order valence-corrected chi connectivity index (χ1v) is 6.46. The van der Waals surface area contributed by atoms with Crippen LogP contribution >= 0.6 is 0 Å². The summed E-state index contributed by atoms with van der Waals surface area (Å²) in [6, 6.07) is 10.2. The molecule has 0 bridgehead atoms. The van der Waals surface area contributed by atoms with Gasteiger partial charge in [-0.1, -0.05) is 37.3 Å². The quantitative estimate of drug-likeness (QED) is 0.797. The molecule has 2 rings (SSSR count). The lowest BCUT2D eigenvalue weighted by Gasteiger charge is -2.36. The predicted molar refractivity (Wildman–Crippen MR) is 68.1 cm³/mol. The third-order valence-corrected chi connectivity index (χ3v) is 3.68. The van der Waals surface area contributed by atoms with Crippen LogP contribution in [-0.2, 0) is 14.9 Å². The predicted octanol–water partition coefficient (Wildman–Crippen LogP) is 3.10. The minimum absolute atomic E-state index is 0.282. The van der Waals surface area contributed by atoms with E-state index < -0.39 is 0 Å². The first-order valence-electron chi connectivity index (χ1n) is 6.46. The maximum Gasteiger partial charge on any atom is 0.143 e. The minimum atomic E-state index is -0.282. The molecule has 0 aliphatic carbocycles. The zero-order valence-electron chi connectivity index (χ0n) is 10.4. The van der Waals surface area contributed by atoms with Crippen molar-refractivity contribution in [3.8, 4) is 0 Å². The van der Waals surface area contributed by atoms with Crippen LogP contribution < -0.4 is 0 Å². The van der Waals surface area contributed by atoms with Gasteiger partial charge in [0.05, 0.1) is 5.41 Å². The summed E-state index contributed by atoms with van der Waals surface area (Å²) in [5.41, 5.74) is 0.886. The maximum atomic E-state index is 12.5. The molecule has 1 aliphatic rings. The van der Waals surface area contributed by atoms with Crippen molar-refractivity contribution < 1.29 is 9.53 Å². The van der Waals surface area contributed by atoms with E-state index in [-0.39, 0.29) is 5.41 Å². The average molecular weight is 232 g/mol. The number of hydrogen-bond donors (Lipinski definition) is 0. The van der Waals surface area contributed by atoms with E-state index in [1.807, 2.05) is 18.2 Å². The standard InChI is InChI=1S/C15H20O2/c1-2-6-14(16)15(9-11-17-12-10-15)13-7-4-3-5-8-13/h3-5,7-8H,2,6,9-12H2,1H3. The van der Waals surface area contributed by atoms with Gasteiger partial charge >= 0.3 is 0 Å². The van der Waals surface area contributed by atoms with Crippen molar-refractivity contribution in [1.29, 1.82) is 0 Å². The molecule has 2 nitrogen and oxygen atoms in total. The lowest BCUT2D eigenvalue weighted by molar-refractivity contribution is -0.128. The Hall–Kier alpha value is -1.15. The van der Waals surface area contributed by atoms with E-state index in [1.165, 1.54) is 5.56 Å².